The van der Waals surface area contributed by atoms with Gasteiger partial charge in [-0.05, 0) is 73.7 Å². The number of methoxy groups -OCH3 is 1. The summed E-state index contributed by atoms with van der Waals surface area (Å²) in [6.45, 7) is 1.76. The number of amides is 4. The maximum absolute atomic E-state index is 14.4. The monoisotopic (exact) mass is 640 g/mol. The Morgan fingerprint density at radius 2 is 1.70 bits per heavy atom. The Kier molecular flexibility index (Phi) is 7.12. The largest absolute Gasteiger partial charge is 0.504 e. The van der Waals surface area contributed by atoms with Crippen molar-refractivity contribution in [1.29, 1.82) is 0 Å². The number of carbonyl (C=O) groups excluding carboxylic acids is 4. The SMILES string of the molecule is COc1cc(C=C[C@H]2C3=CC[C@@H]4C(=O)N(c5ccccc5)C(=O)[C@@H]4[C@@H]3C[C@H]3C(=O)N(c4ccc(F)c(Cl)c4)C(=O)[C@@]23C)ccc1O. The van der Waals surface area contributed by atoms with Crippen molar-refractivity contribution < 1.29 is 33.4 Å². The molecule has 1 N–H and O–H groups in total. The van der Waals surface area contributed by atoms with Crippen LogP contribution in [0.25, 0.3) is 6.08 Å². The first-order valence-electron chi connectivity index (χ1n) is 15.1. The number of rotatable bonds is 5. The van der Waals surface area contributed by atoms with E-state index in [1.165, 1.54) is 30.2 Å². The van der Waals surface area contributed by atoms with Gasteiger partial charge in [-0.15, -0.1) is 0 Å². The third kappa shape index (κ3) is 4.32. The zero-order chi connectivity index (χ0) is 32.5. The van der Waals surface area contributed by atoms with Gasteiger partial charge in [0.2, 0.25) is 23.6 Å². The van der Waals surface area contributed by atoms with Crippen LogP contribution in [0.2, 0.25) is 5.02 Å². The van der Waals surface area contributed by atoms with Gasteiger partial charge in [0.25, 0.3) is 0 Å². The Morgan fingerprint density at radius 1 is 0.935 bits per heavy atom. The number of aromatic hydroxyl groups is 1. The number of hydrogen-bond donors (Lipinski definition) is 1. The molecule has 2 heterocycles. The number of fused-ring (bicyclic) bond motifs is 4. The zero-order valence-corrected chi connectivity index (χ0v) is 25.8. The van der Waals surface area contributed by atoms with Crippen LogP contribution in [0.1, 0.15) is 25.3 Å². The van der Waals surface area contributed by atoms with Crippen LogP contribution in [-0.2, 0) is 19.2 Å². The average Bonchev–Trinajstić information content (AvgIpc) is 3.42. The topological polar surface area (TPSA) is 104 Å². The number of para-hydroxylation sites is 1. The molecule has 3 aromatic carbocycles. The Hall–Kier alpha value is -4.76. The molecule has 7 rings (SSSR count). The van der Waals surface area contributed by atoms with Crippen molar-refractivity contribution >= 4 is 52.7 Å². The minimum Gasteiger partial charge on any atom is -0.504 e. The van der Waals surface area contributed by atoms with Crippen LogP contribution in [0.3, 0.4) is 0 Å². The van der Waals surface area contributed by atoms with Crippen LogP contribution in [0.15, 0.2) is 84.5 Å². The Labute approximate surface area is 269 Å². The number of imide groups is 2. The number of benzene rings is 3. The second-order valence-corrected chi connectivity index (χ2v) is 12.8. The van der Waals surface area contributed by atoms with E-state index in [0.717, 1.165) is 16.5 Å². The van der Waals surface area contributed by atoms with Crippen molar-refractivity contribution in [2.45, 2.75) is 19.8 Å². The lowest BCUT2D eigenvalue weighted by Crippen LogP contribution is -2.49. The number of halogens is 2. The number of carbonyl (C=O) groups is 4. The quantitative estimate of drug-likeness (QED) is 0.264. The summed E-state index contributed by atoms with van der Waals surface area (Å²) in [7, 11) is 1.45. The van der Waals surface area contributed by atoms with Crippen LogP contribution in [0.4, 0.5) is 15.8 Å². The Bertz CT molecular complexity index is 1880. The predicted molar refractivity (Wildman–Crippen MR) is 169 cm³/mol. The molecule has 3 fully saturated rings. The smallest absolute Gasteiger partial charge is 0.241 e. The van der Waals surface area contributed by atoms with Crippen molar-refractivity contribution in [2.75, 3.05) is 16.9 Å². The molecule has 0 bridgehead atoms. The standard InChI is InChI=1S/C36H30ClFN2O6/c1-36-25(13-8-19-9-15-29(41)30(16-19)46-2)22-11-12-23-31(34(44)39(32(23)42)20-6-4-3-5-7-20)24(22)18-26(36)33(43)40(35(36)45)21-10-14-28(38)27(37)17-21/h3-11,13-17,23-26,31,41H,12,18H2,1-2H3/t23-,24+,25-,26-,31-,36-/m0/s1. The summed E-state index contributed by atoms with van der Waals surface area (Å²) >= 11 is 6.06. The van der Waals surface area contributed by atoms with Gasteiger partial charge in [0.05, 0.1) is 46.7 Å². The number of phenols is 1. The summed E-state index contributed by atoms with van der Waals surface area (Å²) in [5, 5.41) is 9.89. The average molecular weight is 641 g/mol. The highest BCUT2D eigenvalue weighted by atomic mass is 35.5. The zero-order valence-electron chi connectivity index (χ0n) is 25.0. The van der Waals surface area contributed by atoms with E-state index in [1.54, 1.807) is 49.4 Å². The summed E-state index contributed by atoms with van der Waals surface area (Å²) in [4.78, 5) is 58.7. The fraction of sp³-hybridized carbons (Fsp3) is 0.278. The van der Waals surface area contributed by atoms with Crippen molar-refractivity contribution in [3.05, 3.63) is 101 Å². The molecule has 0 unspecified atom stereocenters. The lowest BCUT2D eigenvalue weighted by molar-refractivity contribution is -0.132. The molecule has 0 aromatic heterocycles. The number of phenolic OH excluding ortho intramolecular Hbond substituents is 1. The number of allylic oxidation sites excluding steroid dienone is 3. The molecular weight excluding hydrogens is 611 g/mol. The molecular formula is C36H30ClFN2O6. The fourth-order valence-corrected chi connectivity index (χ4v) is 8.10. The molecule has 8 nitrogen and oxygen atoms in total. The Morgan fingerprint density at radius 3 is 2.41 bits per heavy atom. The highest BCUT2D eigenvalue weighted by molar-refractivity contribution is 6.31. The lowest BCUT2D eigenvalue weighted by Gasteiger charge is -2.47. The fourth-order valence-electron chi connectivity index (χ4n) is 7.93. The summed E-state index contributed by atoms with van der Waals surface area (Å²) in [5.74, 6) is -5.14. The molecule has 4 aliphatic rings. The maximum Gasteiger partial charge on any atom is 0.241 e. The highest BCUT2D eigenvalue weighted by Crippen LogP contribution is 2.61. The molecule has 1 saturated carbocycles. The molecule has 234 valence electrons. The van der Waals surface area contributed by atoms with E-state index < -0.39 is 52.6 Å². The van der Waals surface area contributed by atoms with Crippen molar-refractivity contribution in [3.63, 3.8) is 0 Å². The van der Waals surface area contributed by atoms with Crippen molar-refractivity contribution in [2.24, 2.45) is 35.0 Å². The van der Waals surface area contributed by atoms with Crippen molar-refractivity contribution in [3.8, 4) is 11.5 Å². The van der Waals surface area contributed by atoms with Crippen LogP contribution in [0.5, 0.6) is 11.5 Å². The van der Waals surface area contributed by atoms with Gasteiger partial charge in [-0.25, -0.2) is 9.29 Å². The van der Waals surface area contributed by atoms with E-state index in [2.05, 4.69) is 0 Å². The predicted octanol–water partition coefficient (Wildman–Crippen LogP) is 6.17. The van der Waals surface area contributed by atoms with Gasteiger partial charge in [-0.1, -0.05) is 59.7 Å². The molecule has 4 amide bonds. The summed E-state index contributed by atoms with van der Waals surface area (Å²) in [5.41, 5.74) is 0.930. The van der Waals surface area contributed by atoms with E-state index in [0.29, 0.717) is 17.7 Å². The van der Waals surface area contributed by atoms with Gasteiger partial charge in [0, 0.05) is 5.92 Å². The number of ether oxygens (including phenoxy) is 1. The molecule has 46 heavy (non-hydrogen) atoms. The number of nitrogens with zero attached hydrogens (tertiary/aromatic N) is 2. The number of hydrogen-bond acceptors (Lipinski definition) is 6. The van der Waals surface area contributed by atoms with E-state index in [1.807, 2.05) is 18.2 Å². The van der Waals surface area contributed by atoms with Crippen LogP contribution < -0.4 is 14.5 Å². The molecule has 3 aromatic rings. The van der Waals surface area contributed by atoms with Crippen LogP contribution >= 0.6 is 11.6 Å². The summed E-state index contributed by atoms with van der Waals surface area (Å²) in [6.07, 6.45) is 6.14. The summed E-state index contributed by atoms with van der Waals surface area (Å²) in [6, 6.07) is 17.4. The van der Waals surface area contributed by atoms with Gasteiger partial charge in [0.1, 0.15) is 5.82 Å². The molecule has 2 aliphatic heterocycles. The molecule has 2 aliphatic carbocycles. The van der Waals surface area contributed by atoms with Crippen LogP contribution in [0, 0.1) is 40.8 Å². The Balaban J connectivity index is 1.34. The molecule has 10 heteroatoms. The van der Waals surface area contributed by atoms with E-state index in [-0.39, 0.29) is 40.4 Å². The van der Waals surface area contributed by atoms with E-state index in [9.17, 15) is 28.7 Å². The van der Waals surface area contributed by atoms with Gasteiger partial charge in [-0.3, -0.25) is 24.1 Å². The minimum atomic E-state index is -1.25. The van der Waals surface area contributed by atoms with Crippen molar-refractivity contribution in [1.82, 2.24) is 0 Å². The van der Waals surface area contributed by atoms with Gasteiger partial charge >= 0.3 is 0 Å². The molecule has 0 radical (unpaired) electrons. The first-order valence-corrected chi connectivity index (χ1v) is 15.5. The first kappa shape index (κ1) is 29.9. The molecule has 6 atom stereocenters. The van der Waals surface area contributed by atoms with E-state index in [4.69, 9.17) is 16.3 Å². The highest BCUT2D eigenvalue weighted by Gasteiger charge is 2.67. The third-order valence-corrected chi connectivity index (χ3v) is 10.5. The maximum atomic E-state index is 14.4. The normalized spacial score (nSPS) is 28.8. The molecule has 2 saturated heterocycles. The van der Waals surface area contributed by atoms with E-state index >= 15 is 0 Å². The van der Waals surface area contributed by atoms with Gasteiger partial charge in [-0.2, -0.15) is 0 Å². The second-order valence-electron chi connectivity index (χ2n) is 12.4. The minimum absolute atomic E-state index is 0.0250. The second kappa shape index (κ2) is 10.9. The van der Waals surface area contributed by atoms with Crippen LogP contribution in [-0.4, -0.2) is 35.8 Å². The first-order chi connectivity index (χ1) is 22.1. The summed E-state index contributed by atoms with van der Waals surface area (Å²) < 4.78 is 19.3. The van der Waals surface area contributed by atoms with Gasteiger partial charge in [0.15, 0.2) is 11.5 Å². The molecule has 0 spiro atoms. The number of anilines is 2. The third-order valence-electron chi connectivity index (χ3n) is 10.2. The lowest BCUT2D eigenvalue weighted by atomic mass is 9.52. The van der Waals surface area contributed by atoms with Gasteiger partial charge < -0.3 is 9.84 Å².